The number of likely N-dealkylation sites (tertiary alicyclic amines) is 2. The lowest BCUT2D eigenvalue weighted by molar-refractivity contribution is -0.118. The van der Waals surface area contributed by atoms with Gasteiger partial charge in [-0.3, -0.25) is 4.79 Å². The number of rotatable bonds is 11. The summed E-state index contributed by atoms with van der Waals surface area (Å²) in [5.74, 6) is 1.14. The Labute approximate surface area is 209 Å². The van der Waals surface area contributed by atoms with Crippen LogP contribution in [-0.2, 0) is 11.2 Å². The van der Waals surface area contributed by atoms with Crippen LogP contribution in [0, 0.1) is 13.8 Å². The molecule has 2 N–H and O–H groups in total. The Morgan fingerprint density at radius 1 is 0.914 bits per heavy atom. The van der Waals surface area contributed by atoms with Crippen LogP contribution < -0.4 is 4.74 Å². The van der Waals surface area contributed by atoms with E-state index in [4.69, 9.17) is 4.74 Å². The molecule has 0 aliphatic carbocycles. The van der Waals surface area contributed by atoms with Crippen LogP contribution in [0.5, 0.6) is 5.75 Å². The van der Waals surface area contributed by atoms with Gasteiger partial charge in [0.15, 0.2) is 0 Å². The van der Waals surface area contributed by atoms with E-state index in [9.17, 15) is 15.0 Å². The summed E-state index contributed by atoms with van der Waals surface area (Å²) in [7, 11) is 0. The lowest BCUT2D eigenvalue weighted by atomic mass is 9.91. The van der Waals surface area contributed by atoms with Gasteiger partial charge < -0.3 is 24.7 Å². The third-order valence-electron chi connectivity index (χ3n) is 7.49. The van der Waals surface area contributed by atoms with Gasteiger partial charge in [-0.15, -0.1) is 0 Å². The van der Waals surface area contributed by atoms with Gasteiger partial charge in [0, 0.05) is 52.1 Å². The molecule has 2 aromatic carbocycles. The van der Waals surface area contributed by atoms with Crippen LogP contribution in [0.2, 0.25) is 0 Å². The van der Waals surface area contributed by atoms with E-state index >= 15 is 0 Å². The van der Waals surface area contributed by atoms with Crippen LogP contribution >= 0.6 is 0 Å². The first kappa shape index (κ1) is 25.8. The molecule has 2 atom stereocenters. The van der Waals surface area contributed by atoms with Crippen molar-refractivity contribution in [1.29, 1.82) is 0 Å². The van der Waals surface area contributed by atoms with Gasteiger partial charge in [-0.2, -0.15) is 0 Å². The number of β-amino-alcohol motifs (C(OH)–C–C–N with tert-alkyl or cyclic N) is 2. The number of hydrogen-bond acceptors (Lipinski definition) is 6. The Bertz CT molecular complexity index is 1010. The molecular formula is C29H40N2O4. The number of carbonyl (C=O) groups is 1. The van der Waals surface area contributed by atoms with Crippen LogP contribution in [0.25, 0.3) is 11.1 Å². The van der Waals surface area contributed by atoms with Crippen LogP contribution in [0.4, 0.5) is 0 Å². The van der Waals surface area contributed by atoms with Gasteiger partial charge in [-0.1, -0.05) is 30.3 Å². The highest BCUT2D eigenvalue weighted by atomic mass is 16.5. The second kappa shape index (κ2) is 12.1. The van der Waals surface area contributed by atoms with E-state index in [0.29, 0.717) is 26.0 Å². The zero-order valence-corrected chi connectivity index (χ0v) is 21.2. The molecule has 6 nitrogen and oxygen atoms in total. The Morgan fingerprint density at radius 2 is 1.54 bits per heavy atom. The van der Waals surface area contributed by atoms with Crippen molar-refractivity contribution in [3.05, 3.63) is 53.1 Å². The van der Waals surface area contributed by atoms with Gasteiger partial charge in [0.05, 0.1) is 18.8 Å². The number of ketones is 1. The lowest BCUT2D eigenvalue weighted by Gasteiger charge is -2.18. The minimum Gasteiger partial charge on any atom is -0.493 e. The minimum atomic E-state index is -0.244. The molecule has 6 heteroatoms. The van der Waals surface area contributed by atoms with Gasteiger partial charge in [0.25, 0.3) is 0 Å². The fourth-order valence-corrected chi connectivity index (χ4v) is 5.31. The fraction of sp³-hybridized carbons (Fsp3) is 0.552. The Hall–Kier alpha value is -2.25. The number of nitrogens with zero attached hydrogens (tertiary/aromatic N) is 2. The summed E-state index contributed by atoms with van der Waals surface area (Å²) in [5.41, 5.74) is 5.62. The molecule has 2 aliphatic rings. The maximum absolute atomic E-state index is 12.7. The Morgan fingerprint density at radius 3 is 2.20 bits per heavy atom. The Kier molecular flexibility index (Phi) is 8.95. The molecule has 0 amide bonds. The average molecular weight is 481 g/mol. The summed E-state index contributed by atoms with van der Waals surface area (Å²) >= 11 is 0. The monoisotopic (exact) mass is 480 g/mol. The van der Waals surface area contributed by atoms with Gasteiger partial charge in [0.2, 0.25) is 0 Å². The van der Waals surface area contributed by atoms with Crippen molar-refractivity contribution in [2.45, 2.75) is 58.2 Å². The van der Waals surface area contributed by atoms with E-state index < -0.39 is 0 Å². The summed E-state index contributed by atoms with van der Waals surface area (Å²) < 4.78 is 6.14. The molecule has 2 heterocycles. The summed E-state index contributed by atoms with van der Waals surface area (Å²) in [6.07, 6.45) is 3.15. The number of ether oxygens (including phenoxy) is 1. The van der Waals surface area contributed by atoms with Crippen molar-refractivity contribution in [3.8, 4) is 16.9 Å². The van der Waals surface area contributed by atoms with Crippen molar-refractivity contribution >= 4 is 5.78 Å². The number of aliphatic hydroxyl groups excluding tert-OH is 2. The summed E-state index contributed by atoms with van der Waals surface area (Å²) in [5, 5.41) is 19.4. The summed E-state index contributed by atoms with van der Waals surface area (Å²) in [6, 6.07) is 12.4. The molecule has 2 aromatic rings. The standard InChI is InChI=1S/C29H40N2O4/c1-21-23(18-24(32)10-14-31-16-12-26(34)20-31)6-3-7-27(21)28-8-4-9-29(22(28)2)35-17-5-13-30-15-11-25(33)19-30/h3-4,6-9,25-26,33-34H,5,10-20H2,1-2H3/t25-,26-/m1/s1. The number of aliphatic hydroxyl groups is 2. The highest BCUT2D eigenvalue weighted by Crippen LogP contribution is 2.33. The Balaban J connectivity index is 1.35. The molecule has 2 saturated heterocycles. The van der Waals surface area contributed by atoms with E-state index in [-0.39, 0.29) is 18.0 Å². The number of carbonyl (C=O) groups excluding carboxylic acids is 1. The van der Waals surface area contributed by atoms with E-state index in [2.05, 4.69) is 41.8 Å². The first-order valence-corrected chi connectivity index (χ1v) is 13.0. The zero-order valence-electron chi connectivity index (χ0n) is 21.2. The van der Waals surface area contributed by atoms with Gasteiger partial charge in [0.1, 0.15) is 11.5 Å². The second-order valence-electron chi connectivity index (χ2n) is 10.2. The number of benzene rings is 2. The maximum Gasteiger partial charge on any atom is 0.138 e. The van der Waals surface area contributed by atoms with Crippen molar-refractivity contribution in [1.82, 2.24) is 9.80 Å². The summed E-state index contributed by atoms with van der Waals surface area (Å²) in [6.45, 7) is 9.83. The zero-order chi connectivity index (χ0) is 24.8. The highest BCUT2D eigenvalue weighted by Gasteiger charge is 2.21. The maximum atomic E-state index is 12.7. The van der Waals surface area contributed by atoms with E-state index in [1.807, 2.05) is 18.2 Å². The van der Waals surface area contributed by atoms with Crippen LogP contribution in [0.1, 0.15) is 42.4 Å². The van der Waals surface area contributed by atoms with Crippen molar-refractivity contribution in [3.63, 3.8) is 0 Å². The number of Topliss-reactive ketones (excluding diaryl/α,β-unsaturated/α-hetero) is 1. The van der Waals surface area contributed by atoms with Crippen molar-refractivity contribution in [2.75, 3.05) is 45.9 Å². The van der Waals surface area contributed by atoms with Crippen LogP contribution in [0.15, 0.2) is 36.4 Å². The third kappa shape index (κ3) is 6.91. The normalized spacial score (nSPS) is 21.0. The van der Waals surface area contributed by atoms with Crippen LogP contribution in [-0.4, -0.2) is 83.9 Å². The minimum absolute atomic E-state index is 0.178. The molecule has 0 aromatic heterocycles. The second-order valence-corrected chi connectivity index (χ2v) is 10.2. The molecule has 190 valence electrons. The molecule has 2 fully saturated rings. The number of hydrogen-bond donors (Lipinski definition) is 2. The van der Waals surface area contributed by atoms with E-state index in [1.54, 1.807) is 0 Å². The van der Waals surface area contributed by atoms with E-state index in [0.717, 1.165) is 85.6 Å². The molecule has 0 saturated carbocycles. The third-order valence-corrected chi connectivity index (χ3v) is 7.49. The molecule has 0 radical (unpaired) electrons. The predicted octanol–water partition coefficient (Wildman–Crippen LogP) is 3.37. The van der Waals surface area contributed by atoms with Crippen molar-refractivity contribution in [2.24, 2.45) is 0 Å². The largest absolute Gasteiger partial charge is 0.493 e. The quantitative estimate of drug-likeness (QED) is 0.481. The molecule has 2 aliphatic heterocycles. The topological polar surface area (TPSA) is 73.2 Å². The predicted molar refractivity (Wildman–Crippen MR) is 139 cm³/mol. The van der Waals surface area contributed by atoms with Gasteiger partial charge in [-0.25, -0.2) is 0 Å². The molecular weight excluding hydrogens is 440 g/mol. The average Bonchev–Trinajstić information content (AvgIpc) is 3.45. The molecule has 0 spiro atoms. The smallest absolute Gasteiger partial charge is 0.138 e. The first-order chi connectivity index (χ1) is 16.9. The fourth-order valence-electron chi connectivity index (χ4n) is 5.31. The lowest BCUT2D eigenvalue weighted by Crippen LogP contribution is -2.25. The SMILES string of the molecule is Cc1c(CC(=O)CCN2CC[C@@H](O)C2)cccc1-c1cccc(OCCCN2CC[C@@H](O)C2)c1C. The molecule has 35 heavy (non-hydrogen) atoms. The van der Waals surface area contributed by atoms with Crippen molar-refractivity contribution < 1.29 is 19.7 Å². The first-order valence-electron chi connectivity index (χ1n) is 13.0. The van der Waals surface area contributed by atoms with Gasteiger partial charge >= 0.3 is 0 Å². The molecule has 4 rings (SSSR count). The van der Waals surface area contributed by atoms with Crippen LogP contribution in [0.3, 0.4) is 0 Å². The summed E-state index contributed by atoms with van der Waals surface area (Å²) in [4.78, 5) is 17.2. The molecule has 0 unspecified atom stereocenters. The highest BCUT2D eigenvalue weighted by molar-refractivity contribution is 5.83. The molecule has 0 bridgehead atoms. The van der Waals surface area contributed by atoms with Gasteiger partial charge in [-0.05, 0) is 67.0 Å². The van der Waals surface area contributed by atoms with E-state index in [1.165, 1.54) is 0 Å².